The van der Waals surface area contributed by atoms with Gasteiger partial charge in [-0.1, -0.05) is 18.2 Å². The van der Waals surface area contributed by atoms with Gasteiger partial charge in [-0.2, -0.15) is 0 Å². The second kappa shape index (κ2) is 5.99. The Kier molecular flexibility index (Phi) is 3.90. The fourth-order valence-electron chi connectivity index (χ4n) is 2.92. The lowest BCUT2D eigenvalue weighted by Crippen LogP contribution is -2.32. The van der Waals surface area contributed by atoms with Crippen LogP contribution in [0.4, 0.5) is 0 Å². The minimum atomic E-state index is 0.0715. The summed E-state index contributed by atoms with van der Waals surface area (Å²) in [4.78, 5) is 22.0. The summed E-state index contributed by atoms with van der Waals surface area (Å²) in [6.07, 6.45) is 5.88. The first kappa shape index (κ1) is 13.7. The van der Waals surface area contributed by atoms with Gasteiger partial charge in [-0.15, -0.1) is 0 Å². The Morgan fingerprint density at radius 3 is 3.10 bits per heavy atom. The van der Waals surface area contributed by atoms with Crippen LogP contribution in [0.3, 0.4) is 0 Å². The summed E-state index contributed by atoms with van der Waals surface area (Å²) in [6, 6.07) is 7.74. The molecule has 5 heteroatoms. The maximum Gasteiger partial charge on any atom is 0.227 e. The molecule has 3 rings (SSSR count). The van der Waals surface area contributed by atoms with Crippen molar-refractivity contribution < 1.29 is 9.53 Å². The van der Waals surface area contributed by atoms with E-state index in [1.54, 1.807) is 19.5 Å². The number of aromatic amines is 1. The topological polar surface area (TPSA) is 58.2 Å². The van der Waals surface area contributed by atoms with Crippen molar-refractivity contribution in [2.24, 2.45) is 0 Å². The van der Waals surface area contributed by atoms with Gasteiger partial charge in [0, 0.05) is 24.5 Å². The van der Waals surface area contributed by atoms with Crippen LogP contribution in [0.2, 0.25) is 0 Å². The highest BCUT2D eigenvalue weighted by Gasteiger charge is 2.31. The number of aromatic nitrogens is 2. The molecule has 1 fully saturated rings. The number of hydrogen-bond donors (Lipinski definition) is 1. The van der Waals surface area contributed by atoms with E-state index in [0.29, 0.717) is 6.42 Å². The van der Waals surface area contributed by atoms with E-state index >= 15 is 0 Å². The van der Waals surface area contributed by atoms with Gasteiger partial charge in [0.2, 0.25) is 5.91 Å². The second-order valence-corrected chi connectivity index (χ2v) is 5.21. The van der Waals surface area contributed by atoms with Gasteiger partial charge in [0.25, 0.3) is 0 Å². The molecule has 1 saturated heterocycles. The number of ether oxygens (including phenoxy) is 1. The number of benzene rings is 1. The first-order valence-electron chi connectivity index (χ1n) is 7.20. The maximum absolute atomic E-state index is 12.6. The molecule has 5 nitrogen and oxygen atoms in total. The lowest BCUT2D eigenvalue weighted by molar-refractivity contribution is -0.131. The summed E-state index contributed by atoms with van der Waals surface area (Å²) in [5.41, 5.74) is 0.926. The monoisotopic (exact) mass is 285 g/mol. The van der Waals surface area contributed by atoms with Gasteiger partial charge >= 0.3 is 0 Å². The van der Waals surface area contributed by atoms with Crippen LogP contribution in [0.1, 0.15) is 30.3 Å². The van der Waals surface area contributed by atoms with Crippen LogP contribution < -0.4 is 4.74 Å². The van der Waals surface area contributed by atoms with E-state index < -0.39 is 0 Å². The van der Waals surface area contributed by atoms with Crippen LogP contribution in [0.25, 0.3) is 0 Å². The molecular formula is C16H19N3O2. The Bertz CT molecular complexity index is 610. The number of carbonyl (C=O) groups excluding carboxylic acids is 1. The zero-order valence-corrected chi connectivity index (χ0v) is 12.1. The number of hydrogen-bond acceptors (Lipinski definition) is 3. The van der Waals surface area contributed by atoms with Crippen LogP contribution in [0, 0.1) is 0 Å². The molecule has 1 amide bonds. The van der Waals surface area contributed by atoms with Gasteiger partial charge in [-0.05, 0) is 18.9 Å². The highest BCUT2D eigenvalue weighted by atomic mass is 16.5. The summed E-state index contributed by atoms with van der Waals surface area (Å²) in [5.74, 6) is 1.76. The molecule has 2 aromatic rings. The van der Waals surface area contributed by atoms with Gasteiger partial charge < -0.3 is 14.6 Å². The standard InChI is InChI=1S/C16H19N3O2/c1-21-14-7-3-2-5-12(14)11-15(20)19-10-4-6-13(19)16-17-8-9-18-16/h2-3,5,7-9,13H,4,6,10-11H2,1H3,(H,17,18)/t13-/m1/s1. The first-order chi connectivity index (χ1) is 10.3. The van der Waals surface area contributed by atoms with Crippen molar-refractivity contribution in [2.45, 2.75) is 25.3 Å². The quantitative estimate of drug-likeness (QED) is 0.938. The third-order valence-electron chi connectivity index (χ3n) is 3.94. The molecule has 0 radical (unpaired) electrons. The van der Waals surface area contributed by atoms with E-state index in [4.69, 9.17) is 4.74 Å². The molecular weight excluding hydrogens is 266 g/mol. The number of rotatable bonds is 4. The molecule has 0 saturated carbocycles. The van der Waals surface area contributed by atoms with E-state index in [1.807, 2.05) is 29.2 Å². The number of amides is 1. The Morgan fingerprint density at radius 2 is 2.33 bits per heavy atom. The van der Waals surface area contributed by atoms with Gasteiger partial charge in [0.05, 0.1) is 19.6 Å². The van der Waals surface area contributed by atoms with Crippen molar-refractivity contribution in [3.63, 3.8) is 0 Å². The van der Waals surface area contributed by atoms with Crippen LogP contribution in [0.15, 0.2) is 36.7 Å². The average Bonchev–Trinajstić information content (AvgIpc) is 3.18. The fraction of sp³-hybridized carbons (Fsp3) is 0.375. The zero-order chi connectivity index (χ0) is 14.7. The third kappa shape index (κ3) is 2.77. The fourth-order valence-corrected chi connectivity index (χ4v) is 2.92. The van der Waals surface area contributed by atoms with Crippen LogP contribution in [-0.2, 0) is 11.2 Å². The minimum absolute atomic E-state index is 0.0715. The van der Waals surface area contributed by atoms with Crippen LogP contribution in [-0.4, -0.2) is 34.4 Å². The number of para-hydroxylation sites is 1. The van der Waals surface area contributed by atoms with Gasteiger partial charge in [0.1, 0.15) is 11.6 Å². The number of H-pyrrole nitrogens is 1. The lowest BCUT2D eigenvalue weighted by atomic mass is 10.1. The van der Waals surface area contributed by atoms with E-state index in [1.165, 1.54) is 0 Å². The summed E-state index contributed by atoms with van der Waals surface area (Å²) in [5, 5.41) is 0. The molecule has 1 aliphatic heterocycles. The predicted molar refractivity (Wildman–Crippen MR) is 79.0 cm³/mol. The normalized spacial score (nSPS) is 18.0. The molecule has 2 heterocycles. The number of methoxy groups -OCH3 is 1. The Morgan fingerprint density at radius 1 is 1.48 bits per heavy atom. The molecule has 0 bridgehead atoms. The van der Waals surface area contributed by atoms with Crippen molar-refractivity contribution in [3.8, 4) is 5.75 Å². The lowest BCUT2D eigenvalue weighted by Gasteiger charge is -2.23. The number of nitrogens with zero attached hydrogens (tertiary/aromatic N) is 2. The Hall–Kier alpha value is -2.30. The van der Waals surface area contributed by atoms with E-state index in [2.05, 4.69) is 9.97 Å². The van der Waals surface area contributed by atoms with Crippen molar-refractivity contribution in [3.05, 3.63) is 48.0 Å². The molecule has 1 aromatic heterocycles. The number of carbonyl (C=O) groups is 1. The molecule has 1 N–H and O–H groups in total. The molecule has 1 aromatic carbocycles. The molecule has 110 valence electrons. The Balaban J connectivity index is 1.75. The first-order valence-corrected chi connectivity index (χ1v) is 7.20. The zero-order valence-electron chi connectivity index (χ0n) is 12.1. The van der Waals surface area contributed by atoms with Crippen molar-refractivity contribution in [2.75, 3.05) is 13.7 Å². The summed E-state index contributed by atoms with van der Waals surface area (Å²) in [7, 11) is 1.63. The number of nitrogens with one attached hydrogen (secondary N) is 1. The third-order valence-corrected chi connectivity index (χ3v) is 3.94. The second-order valence-electron chi connectivity index (χ2n) is 5.21. The van der Waals surface area contributed by atoms with E-state index in [-0.39, 0.29) is 11.9 Å². The van der Waals surface area contributed by atoms with E-state index in [9.17, 15) is 4.79 Å². The summed E-state index contributed by atoms with van der Waals surface area (Å²) in [6.45, 7) is 0.791. The molecule has 1 atom stereocenters. The van der Waals surface area contributed by atoms with Crippen molar-refractivity contribution in [1.82, 2.24) is 14.9 Å². The Labute approximate surface area is 124 Å². The largest absolute Gasteiger partial charge is 0.496 e. The summed E-state index contributed by atoms with van der Waals surface area (Å²) < 4.78 is 5.32. The maximum atomic E-state index is 12.6. The highest BCUT2D eigenvalue weighted by molar-refractivity contribution is 5.80. The minimum Gasteiger partial charge on any atom is -0.496 e. The van der Waals surface area contributed by atoms with Crippen molar-refractivity contribution in [1.29, 1.82) is 0 Å². The molecule has 21 heavy (non-hydrogen) atoms. The number of likely N-dealkylation sites (tertiary alicyclic amines) is 1. The predicted octanol–water partition coefficient (Wildman–Crippen LogP) is 2.32. The van der Waals surface area contributed by atoms with Crippen molar-refractivity contribution >= 4 is 5.91 Å². The highest BCUT2D eigenvalue weighted by Crippen LogP contribution is 2.31. The van der Waals surface area contributed by atoms with Crippen LogP contribution in [0.5, 0.6) is 5.75 Å². The molecule has 0 aliphatic carbocycles. The smallest absolute Gasteiger partial charge is 0.227 e. The van der Waals surface area contributed by atoms with E-state index in [0.717, 1.165) is 36.5 Å². The average molecular weight is 285 g/mol. The molecule has 0 spiro atoms. The van der Waals surface area contributed by atoms with Gasteiger partial charge in [0.15, 0.2) is 0 Å². The van der Waals surface area contributed by atoms with Crippen LogP contribution >= 0.6 is 0 Å². The summed E-state index contributed by atoms with van der Waals surface area (Å²) >= 11 is 0. The SMILES string of the molecule is COc1ccccc1CC(=O)N1CCC[C@@H]1c1ncc[nH]1. The molecule has 0 unspecified atom stereocenters. The molecule has 1 aliphatic rings. The number of imidazole rings is 1. The van der Waals surface area contributed by atoms with Gasteiger partial charge in [-0.3, -0.25) is 4.79 Å². The van der Waals surface area contributed by atoms with Gasteiger partial charge in [-0.25, -0.2) is 4.98 Å².